The number of aromatic hydroxyl groups is 1. The van der Waals surface area contributed by atoms with Crippen LogP contribution in [-0.4, -0.2) is 37.7 Å². The highest BCUT2D eigenvalue weighted by atomic mass is 32.2. The molecule has 1 amide bonds. The van der Waals surface area contributed by atoms with Crippen LogP contribution in [0.1, 0.15) is 5.56 Å². The van der Waals surface area contributed by atoms with Gasteiger partial charge in [0.25, 0.3) is 5.91 Å². The van der Waals surface area contributed by atoms with Crippen LogP contribution in [0.25, 0.3) is 27.8 Å². The van der Waals surface area contributed by atoms with Crippen molar-refractivity contribution in [3.63, 3.8) is 0 Å². The normalized spacial score (nSPS) is 11.2. The topological polar surface area (TPSA) is 92.4 Å². The molecule has 1 heterocycles. The summed E-state index contributed by atoms with van der Waals surface area (Å²) in [6.07, 6.45) is 1.46. The number of nitrogens with one attached hydrogen (secondary N) is 1. The number of hydrazone groups is 1. The van der Waals surface area contributed by atoms with Gasteiger partial charge in [0.1, 0.15) is 5.75 Å². The number of phenolic OH excluding ortho intramolecular Hbond substituents is 1. The van der Waals surface area contributed by atoms with E-state index in [-0.39, 0.29) is 17.4 Å². The van der Waals surface area contributed by atoms with Crippen LogP contribution in [0.4, 0.5) is 0 Å². The predicted molar refractivity (Wildman–Crippen MR) is 139 cm³/mol. The molecule has 8 heteroatoms. The molecule has 5 aromatic rings. The molecule has 0 fully saturated rings. The van der Waals surface area contributed by atoms with Crippen LogP contribution in [0.15, 0.2) is 107 Å². The Morgan fingerprint density at radius 2 is 1.63 bits per heavy atom. The van der Waals surface area contributed by atoms with E-state index in [9.17, 15) is 9.90 Å². The Morgan fingerprint density at radius 1 is 0.914 bits per heavy atom. The van der Waals surface area contributed by atoms with Crippen molar-refractivity contribution in [3.05, 3.63) is 103 Å². The molecule has 2 N–H and O–H groups in total. The van der Waals surface area contributed by atoms with Gasteiger partial charge in [-0.2, -0.15) is 5.10 Å². The van der Waals surface area contributed by atoms with Gasteiger partial charge in [-0.25, -0.2) is 5.43 Å². The third kappa shape index (κ3) is 4.92. The number of carbonyl (C=O) groups excluding carboxylic acids is 1. The molecule has 0 bridgehead atoms. The monoisotopic (exact) mass is 479 g/mol. The first kappa shape index (κ1) is 22.4. The van der Waals surface area contributed by atoms with Gasteiger partial charge in [-0.05, 0) is 29.0 Å². The molecule has 0 aliphatic carbocycles. The van der Waals surface area contributed by atoms with E-state index in [0.29, 0.717) is 16.5 Å². The van der Waals surface area contributed by atoms with Crippen LogP contribution in [0.3, 0.4) is 0 Å². The van der Waals surface area contributed by atoms with Crippen molar-refractivity contribution < 1.29 is 9.90 Å². The largest absolute Gasteiger partial charge is 0.507 e. The van der Waals surface area contributed by atoms with E-state index in [1.54, 1.807) is 6.07 Å². The van der Waals surface area contributed by atoms with E-state index in [4.69, 9.17) is 0 Å². The van der Waals surface area contributed by atoms with Crippen molar-refractivity contribution in [2.45, 2.75) is 5.16 Å². The Balaban J connectivity index is 1.32. The smallest absolute Gasteiger partial charge is 0.250 e. The van der Waals surface area contributed by atoms with Crippen LogP contribution >= 0.6 is 11.8 Å². The van der Waals surface area contributed by atoms with Gasteiger partial charge in [-0.3, -0.25) is 9.36 Å². The van der Waals surface area contributed by atoms with Gasteiger partial charge < -0.3 is 5.11 Å². The molecule has 1 aromatic heterocycles. The number of aromatic nitrogens is 3. The minimum atomic E-state index is -0.296. The van der Waals surface area contributed by atoms with E-state index in [1.807, 2.05) is 95.6 Å². The molecule has 0 aliphatic heterocycles. The van der Waals surface area contributed by atoms with Gasteiger partial charge >= 0.3 is 0 Å². The fraction of sp³-hybridized carbons (Fsp3) is 0.0370. The molecule has 172 valence electrons. The van der Waals surface area contributed by atoms with Crippen molar-refractivity contribution in [2.24, 2.45) is 5.10 Å². The lowest BCUT2D eigenvalue weighted by atomic mass is 10.0. The van der Waals surface area contributed by atoms with Gasteiger partial charge in [-0.15, -0.1) is 10.2 Å². The van der Waals surface area contributed by atoms with Gasteiger partial charge in [0.05, 0.1) is 12.0 Å². The molecule has 35 heavy (non-hydrogen) atoms. The zero-order chi connectivity index (χ0) is 24.0. The summed E-state index contributed by atoms with van der Waals surface area (Å²) in [7, 11) is 0. The van der Waals surface area contributed by atoms with E-state index in [1.165, 1.54) is 18.0 Å². The highest BCUT2D eigenvalue weighted by Crippen LogP contribution is 2.28. The van der Waals surface area contributed by atoms with E-state index >= 15 is 0 Å². The number of hydrogen-bond donors (Lipinski definition) is 2. The molecule has 0 saturated carbocycles. The lowest BCUT2D eigenvalue weighted by Crippen LogP contribution is -2.20. The highest BCUT2D eigenvalue weighted by molar-refractivity contribution is 7.99. The van der Waals surface area contributed by atoms with Gasteiger partial charge in [0.15, 0.2) is 11.0 Å². The Labute approximate surface area is 206 Å². The first-order chi connectivity index (χ1) is 17.2. The summed E-state index contributed by atoms with van der Waals surface area (Å²) in [6, 6.07) is 30.7. The summed E-state index contributed by atoms with van der Waals surface area (Å²) in [5.41, 5.74) is 4.92. The predicted octanol–water partition coefficient (Wildman–Crippen LogP) is 5.04. The number of phenols is 1. The third-order valence-electron chi connectivity index (χ3n) is 5.34. The van der Waals surface area contributed by atoms with Crippen LogP contribution in [0, 0.1) is 0 Å². The number of benzene rings is 4. The first-order valence-corrected chi connectivity index (χ1v) is 11.9. The van der Waals surface area contributed by atoms with Crippen molar-refractivity contribution in [1.29, 1.82) is 0 Å². The second-order valence-corrected chi connectivity index (χ2v) is 8.59. The Kier molecular flexibility index (Phi) is 6.54. The molecule has 0 spiro atoms. The summed E-state index contributed by atoms with van der Waals surface area (Å²) in [5, 5.41) is 25.4. The lowest BCUT2D eigenvalue weighted by Gasteiger charge is -2.10. The maximum Gasteiger partial charge on any atom is 0.250 e. The zero-order valence-electron chi connectivity index (χ0n) is 18.6. The van der Waals surface area contributed by atoms with Crippen molar-refractivity contribution in [3.8, 4) is 22.8 Å². The summed E-state index contributed by atoms with van der Waals surface area (Å²) in [5.74, 6) is 0.595. The van der Waals surface area contributed by atoms with Crippen molar-refractivity contribution in [1.82, 2.24) is 20.2 Å². The lowest BCUT2D eigenvalue weighted by molar-refractivity contribution is -0.118. The van der Waals surface area contributed by atoms with E-state index in [2.05, 4.69) is 20.7 Å². The molecular formula is C27H21N5O2S. The number of amides is 1. The second-order valence-electron chi connectivity index (χ2n) is 7.64. The van der Waals surface area contributed by atoms with E-state index < -0.39 is 0 Å². The number of nitrogens with zero attached hydrogens (tertiary/aromatic N) is 4. The summed E-state index contributed by atoms with van der Waals surface area (Å²) >= 11 is 1.27. The molecule has 0 saturated heterocycles. The van der Waals surface area contributed by atoms with Crippen LogP contribution in [0.2, 0.25) is 0 Å². The molecule has 5 rings (SSSR count). The highest BCUT2D eigenvalue weighted by Gasteiger charge is 2.17. The maximum atomic E-state index is 12.5. The standard InChI is InChI=1S/C27H21N5O2S/c33-24-16-15-19-9-7-8-14-22(19)23(24)17-28-29-25(34)18-35-27-31-30-26(20-10-3-1-4-11-20)32(27)21-12-5-2-6-13-21/h1-17,33H,18H2,(H,29,34). The average molecular weight is 480 g/mol. The number of fused-ring (bicyclic) bond motifs is 1. The molecule has 0 aliphatic rings. The van der Waals surface area contributed by atoms with Crippen molar-refractivity contribution >= 4 is 34.7 Å². The quantitative estimate of drug-likeness (QED) is 0.194. The second kappa shape index (κ2) is 10.2. The maximum absolute atomic E-state index is 12.5. The molecule has 0 atom stereocenters. The first-order valence-electron chi connectivity index (χ1n) is 10.9. The number of hydrogen-bond acceptors (Lipinski definition) is 6. The summed E-state index contributed by atoms with van der Waals surface area (Å²) < 4.78 is 1.94. The molecule has 0 radical (unpaired) electrons. The third-order valence-corrected chi connectivity index (χ3v) is 6.27. The average Bonchev–Trinajstić information content (AvgIpc) is 3.34. The number of rotatable bonds is 7. The van der Waals surface area contributed by atoms with Gasteiger partial charge in [-0.1, -0.05) is 90.6 Å². The van der Waals surface area contributed by atoms with Gasteiger partial charge in [0, 0.05) is 16.8 Å². The molecule has 0 unspecified atom stereocenters. The minimum Gasteiger partial charge on any atom is -0.507 e. The minimum absolute atomic E-state index is 0.0958. The molecular weight excluding hydrogens is 458 g/mol. The Hall–Kier alpha value is -4.43. The van der Waals surface area contributed by atoms with Crippen LogP contribution in [0.5, 0.6) is 5.75 Å². The number of thioether (sulfide) groups is 1. The summed E-state index contributed by atoms with van der Waals surface area (Å²) in [6.45, 7) is 0. The fourth-order valence-corrected chi connectivity index (χ4v) is 4.44. The van der Waals surface area contributed by atoms with Crippen LogP contribution in [-0.2, 0) is 4.79 Å². The molecule has 7 nitrogen and oxygen atoms in total. The fourth-order valence-electron chi connectivity index (χ4n) is 3.70. The van der Waals surface area contributed by atoms with Gasteiger partial charge in [0.2, 0.25) is 0 Å². The SMILES string of the molecule is O=C(CSc1nnc(-c2ccccc2)n1-c1ccccc1)NN=Cc1c(O)ccc2ccccc12. The van der Waals surface area contributed by atoms with Crippen molar-refractivity contribution in [2.75, 3.05) is 5.75 Å². The zero-order valence-corrected chi connectivity index (χ0v) is 19.4. The van der Waals surface area contributed by atoms with Crippen LogP contribution < -0.4 is 5.43 Å². The number of carbonyl (C=O) groups is 1. The Morgan fingerprint density at radius 3 is 2.43 bits per heavy atom. The Bertz CT molecular complexity index is 1500. The summed E-state index contributed by atoms with van der Waals surface area (Å²) in [4.78, 5) is 12.5. The molecule has 4 aromatic carbocycles. The number of para-hydroxylation sites is 1. The van der Waals surface area contributed by atoms with E-state index in [0.717, 1.165) is 22.0 Å².